The van der Waals surface area contributed by atoms with E-state index in [0.717, 1.165) is 64.0 Å². The molecule has 2 aromatic rings. The number of aromatic nitrogens is 1. The molecule has 2 aliphatic rings. The van der Waals surface area contributed by atoms with Gasteiger partial charge in [0.2, 0.25) is 0 Å². The minimum absolute atomic E-state index is 0.0759. The molecule has 1 amide bonds. The van der Waals surface area contributed by atoms with Gasteiger partial charge in [-0.15, -0.1) is 0 Å². The van der Waals surface area contributed by atoms with Gasteiger partial charge in [0.25, 0.3) is 5.91 Å². The molecule has 0 aromatic carbocycles. The summed E-state index contributed by atoms with van der Waals surface area (Å²) >= 11 is 0. The summed E-state index contributed by atoms with van der Waals surface area (Å²) in [6.07, 6.45) is 9.67. The first-order chi connectivity index (χ1) is 11.8. The first-order valence-corrected chi connectivity index (χ1v) is 8.81. The molecule has 0 unspecified atom stereocenters. The molecule has 0 bridgehead atoms. The monoisotopic (exact) mass is 325 g/mol. The zero-order chi connectivity index (χ0) is 16.4. The fourth-order valence-electron chi connectivity index (χ4n) is 3.69. The summed E-state index contributed by atoms with van der Waals surface area (Å²) in [7, 11) is 0. The van der Waals surface area contributed by atoms with Crippen LogP contribution in [0.1, 0.15) is 33.7 Å². The molecule has 0 radical (unpaired) electrons. The number of aryl methyl sites for hydroxylation is 1. The highest BCUT2D eigenvalue weighted by molar-refractivity contribution is 5.93. The second-order valence-corrected chi connectivity index (χ2v) is 6.66. The number of furan rings is 1. The molecule has 1 aliphatic heterocycles. The summed E-state index contributed by atoms with van der Waals surface area (Å²) in [5.74, 6) is 0.666. The second-order valence-electron chi connectivity index (χ2n) is 6.66. The highest BCUT2D eigenvalue weighted by Gasteiger charge is 2.29. The van der Waals surface area contributed by atoms with Crippen LogP contribution in [-0.2, 0) is 19.3 Å². The normalized spacial score (nSPS) is 17.9. The second kappa shape index (κ2) is 6.77. The largest absolute Gasteiger partial charge is 0.459 e. The van der Waals surface area contributed by atoms with Crippen LogP contribution in [0.25, 0.3) is 0 Å². The summed E-state index contributed by atoms with van der Waals surface area (Å²) in [6, 6.07) is 4.13. The summed E-state index contributed by atoms with van der Waals surface area (Å²) in [6.45, 7) is 4.46. The van der Waals surface area contributed by atoms with Crippen molar-refractivity contribution in [1.29, 1.82) is 0 Å². The van der Waals surface area contributed by atoms with Crippen molar-refractivity contribution in [2.45, 2.75) is 25.7 Å². The Balaban J connectivity index is 1.30. The number of fused-ring (bicyclic) bond motifs is 1. The Bertz CT molecular complexity index is 703. The Morgan fingerprint density at radius 1 is 1.12 bits per heavy atom. The zero-order valence-corrected chi connectivity index (χ0v) is 13.9. The number of nitrogens with zero attached hydrogens (tertiary/aromatic N) is 3. The third-order valence-electron chi connectivity index (χ3n) is 5.17. The van der Waals surface area contributed by atoms with E-state index >= 15 is 0 Å². The van der Waals surface area contributed by atoms with E-state index in [4.69, 9.17) is 4.42 Å². The Morgan fingerprint density at radius 3 is 2.71 bits per heavy atom. The van der Waals surface area contributed by atoms with Crippen molar-refractivity contribution in [3.63, 3.8) is 0 Å². The number of amides is 1. The van der Waals surface area contributed by atoms with E-state index in [1.807, 2.05) is 17.3 Å². The maximum Gasteiger partial charge on any atom is 0.289 e. The third kappa shape index (κ3) is 3.08. The molecule has 1 fully saturated rings. The van der Waals surface area contributed by atoms with Gasteiger partial charge in [-0.25, -0.2) is 0 Å². The van der Waals surface area contributed by atoms with Crippen molar-refractivity contribution in [1.82, 2.24) is 14.8 Å². The van der Waals surface area contributed by atoms with Crippen LogP contribution in [0.15, 0.2) is 35.2 Å². The van der Waals surface area contributed by atoms with E-state index in [1.165, 1.54) is 11.1 Å². The molecule has 1 saturated heterocycles. The highest BCUT2D eigenvalue weighted by Crippen LogP contribution is 2.28. The standard InChI is InChI=1S/C19H23N3O2/c23-19(18-17-3-1-2-16(17)14-24-18)22-12-10-21(11-13-22)9-6-15-4-7-20-8-5-15/h4-5,7-8,14H,1-3,6,9-13H2. The SMILES string of the molecule is O=C(c1occ2c1CCC2)N1CCN(CCc2ccncc2)CC1. The first-order valence-electron chi connectivity index (χ1n) is 8.81. The number of rotatable bonds is 4. The van der Waals surface area contributed by atoms with E-state index in [9.17, 15) is 4.79 Å². The maximum absolute atomic E-state index is 12.7. The molecule has 5 nitrogen and oxygen atoms in total. The molecule has 0 saturated carbocycles. The van der Waals surface area contributed by atoms with Crippen LogP contribution in [0.2, 0.25) is 0 Å². The fraction of sp³-hybridized carbons (Fsp3) is 0.474. The minimum atomic E-state index is 0.0759. The quantitative estimate of drug-likeness (QED) is 0.864. The van der Waals surface area contributed by atoms with E-state index in [0.29, 0.717) is 5.76 Å². The van der Waals surface area contributed by atoms with Gasteiger partial charge in [-0.3, -0.25) is 14.7 Å². The molecule has 5 heteroatoms. The van der Waals surface area contributed by atoms with Crippen LogP contribution in [0.3, 0.4) is 0 Å². The molecule has 126 valence electrons. The van der Waals surface area contributed by atoms with Crippen LogP contribution in [0, 0.1) is 0 Å². The molecule has 1 aliphatic carbocycles. The molecule has 24 heavy (non-hydrogen) atoms. The smallest absolute Gasteiger partial charge is 0.289 e. The van der Waals surface area contributed by atoms with Crippen molar-refractivity contribution < 1.29 is 9.21 Å². The van der Waals surface area contributed by atoms with E-state index in [1.54, 1.807) is 6.26 Å². The lowest BCUT2D eigenvalue weighted by molar-refractivity contribution is 0.0606. The molecule has 3 heterocycles. The van der Waals surface area contributed by atoms with Gasteiger partial charge in [0.05, 0.1) is 6.26 Å². The van der Waals surface area contributed by atoms with Gasteiger partial charge in [0.15, 0.2) is 5.76 Å². The van der Waals surface area contributed by atoms with Gasteiger partial charge in [0, 0.05) is 50.7 Å². The Hall–Kier alpha value is -2.14. The average Bonchev–Trinajstić information content (AvgIpc) is 3.24. The Morgan fingerprint density at radius 2 is 1.92 bits per heavy atom. The zero-order valence-electron chi connectivity index (χ0n) is 13.9. The molecule has 4 rings (SSSR count). The average molecular weight is 325 g/mol. The van der Waals surface area contributed by atoms with Crippen LogP contribution in [0.5, 0.6) is 0 Å². The lowest BCUT2D eigenvalue weighted by Gasteiger charge is -2.34. The van der Waals surface area contributed by atoms with Crippen LogP contribution in [-0.4, -0.2) is 53.4 Å². The molecule has 2 aromatic heterocycles. The summed E-state index contributed by atoms with van der Waals surface area (Å²) < 4.78 is 5.57. The van der Waals surface area contributed by atoms with E-state index < -0.39 is 0 Å². The molecular formula is C19H23N3O2. The number of carbonyl (C=O) groups is 1. The third-order valence-corrected chi connectivity index (χ3v) is 5.17. The predicted octanol–water partition coefficient (Wildman–Crippen LogP) is 2.16. The Labute approximate surface area is 142 Å². The number of carbonyl (C=O) groups excluding carboxylic acids is 1. The fourth-order valence-corrected chi connectivity index (χ4v) is 3.69. The minimum Gasteiger partial charge on any atom is -0.459 e. The van der Waals surface area contributed by atoms with E-state index in [-0.39, 0.29) is 5.91 Å². The van der Waals surface area contributed by atoms with Gasteiger partial charge in [-0.2, -0.15) is 0 Å². The van der Waals surface area contributed by atoms with Gasteiger partial charge >= 0.3 is 0 Å². The van der Waals surface area contributed by atoms with Crippen LogP contribution in [0.4, 0.5) is 0 Å². The molecule has 0 N–H and O–H groups in total. The topological polar surface area (TPSA) is 49.6 Å². The van der Waals surface area contributed by atoms with Gasteiger partial charge < -0.3 is 9.32 Å². The van der Waals surface area contributed by atoms with Crippen molar-refractivity contribution in [3.05, 3.63) is 53.2 Å². The van der Waals surface area contributed by atoms with Crippen molar-refractivity contribution in [2.24, 2.45) is 0 Å². The molecule has 0 spiro atoms. The number of piperazine rings is 1. The first kappa shape index (κ1) is 15.4. The van der Waals surface area contributed by atoms with Gasteiger partial charge in [-0.05, 0) is 48.9 Å². The van der Waals surface area contributed by atoms with Crippen molar-refractivity contribution in [2.75, 3.05) is 32.7 Å². The van der Waals surface area contributed by atoms with Crippen molar-refractivity contribution in [3.8, 4) is 0 Å². The number of hydrogen-bond donors (Lipinski definition) is 0. The lowest BCUT2D eigenvalue weighted by atomic mass is 10.1. The van der Waals surface area contributed by atoms with Crippen LogP contribution >= 0.6 is 0 Å². The number of pyridine rings is 1. The lowest BCUT2D eigenvalue weighted by Crippen LogP contribution is -2.49. The summed E-state index contributed by atoms with van der Waals surface area (Å²) in [5.41, 5.74) is 3.70. The highest BCUT2D eigenvalue weighted by atomic mass is 16.3. The van der Waals surface area contributed by atoms with Crippen LogP contribution < -0.4 is 0 Å². The Kier molecular flexibility index (Phi) is 4.34. The van der Waals surface area contributed by atoms with Gasteiger partial charge in [-0.1, -0.05) is 0 Å². The molecule has 0 atom stereocenters. The van der Waals surface area contributed by atoms with Crippen molar-refractivity contribution >= 4 is 5.91 Å². The summed E-state index contributed by atoms with van der Waals surface area (Å²) in [5, 5.41) is 0. The van der Waals surface area contributed by atoms with Gasteiger partial charge in [0.1, 0.15) is 0 Å². The van der Waals surface area contributed by atoms with E-state index in [2.05, 4.69) is 22.0 Å². The number of hydrogen-bond acceptors (Lipinski definition) is 4. The summed E-state index contributed by atoms with van der Waals surface area (Å²) in [4.78, 5) is 21.1. The molecular weight excluding hydrogens is 302 g/mol. The predicted molar refractivity (Wildman–Crippen MR) is 91.0 cm³/mol. The maximum atomic E-state index is 12.7.